The van der Waals surface area contributed by atoms with E-state index in [1.54, 1.807) is 0 Å². The van der Waals surface area contributed by atoms with E-state index in [4.69, 9.17) is 109 Å². The Kier molecular flexibility index (Phi) is 43.4. The summed E-state index contributed by atoms with van der Waals surface area (Å²) in [6.45, 7) is -7.26. The van der Waals surface area contributed by atoms with Crippen molar-refractivity contribution in [1.82, 2.24) is 26.6 Å². The molecule has 0 aromatic carbocycles. The highest BCUT2D eigenvalue weighted by Crippen LogP contribution is 2.43. The van der Waals surface area contributed by atoms with Gasteiger partial charge in [0.1, 0.15) is 287 Å². The fraction of sp³-hybridized carbons (Fsp3) is 0.939. The molecule has 147 heavy (non-hydrogen) atoms. The molecule has 12 fully saturated rings. The van der Waals surface area contributed by atoms with Crippen LogP contribution in [0.15, 0.2) is 0 Å². The van der Waals surface area contributed by atoms with E-state index >= 15 is 0 Å². The van der Waals surface area contributed by atoms with E-state index in [9.17, 15) is 187 Å². The summed E-state index contributed by atoms with van der Waals surface area (Å²) < 4.78 is 139. The third-order valence-electron chi connectivity index (χ3n) is 27.0. The molecule has 5 amide bonds. The number of rotatable bonds is 38. The molecule has 12 aliphatic rings. The minimum Gasteiger partial charge on any atom is -0.394 e. The lowest BCUT2D eigenvalue weighted by Crippen LogP contribution is -2.71. The molecule has 0 aromatic rings. The van der Waals surface area contributed by atoms with Gasteiger partial charge in [-0.2, -0.15) is 0 Å². The minimum absolute atomic E-state index is 0.873. The molecule has 0 aliphatic carbocycles. The largest absolute Gasteiger partial charge is 0.394 e. The van der Waals surface area contributed by atoms with Crippen LogP contribution in [-0.2, 0) is 133 Å². The zero-order valence-corrected chi connectivity index (χ0v) is 79.2. The quantitative estimate of drug-likeness (QED) is 0.0273. The van der Waals surface area contributed by atoms with Gasteiger partial charge < -0.3 is 299 Å². The number of carbonyl (C=O) groups is 5. The molecule has 0 radical (unpaired) electrons. The summed E-state index contributed by atoms with van der Waals surface area (Å²) in [7, 11) is 0. The van der Waals surface area contributed by atoms with E-state index in [1.165, 1.54) is 6.92 Å². The molecule has 12 heterocycles. The van der Waals surface area contributed by atoms with Gasteiger partial charge in [0.05, 0.1) is 78.8 Å². The smallest absolute Gasteiger partial charge is 0.217 e. The Morgan fingerprint density at radius 3 is 0.762 bits per heavy atom. The van der Waals surface area contributed by atoms with E-state index in [1.807, 2.05) is 0 Å². The molecule has 12 rings (SSSR count). The number of hydrogen-bond acceptors (Lipinski definition) is 60. The molecule has 0 saturated carbocycles. The van der Waals surface area contributed by atoms with Crippen LogP contribution in [0.25, 0.3) is 0 Å². The maximum Gasteiger partial charge on any atom is 0.217 e. The number of aliphatic hydroxyl groups excluding tert-OH is 32. The van der Waals surface area contributed by atoms with Gasteiger partial charge >= 0.3 is 0 Å². The number of amides is 5. The third kappa shape index (κ3) is 26.8. The summed E-state index contributed by atoms with van der Waals surface area (Å²) in [5.41, 5.74) is 0. The predicted octanol–water partition coefficient (Wildman–Crippen LogP) is -25.4. The van der Waals surface area contributed by atoms with Gasteiger partial charge in [-0.05, 0) is 6.92 Å². The summed E-state index contributed by atoms with van der Waals surface area (Å²) in [5.74, 6) is -5.03. The average Bonchev–Trinajstić information content (AvgIpc) is 0.757. The Morgan fingerprint density at radius 2 is 0.422 bits per heavy atom. The molecule has 0 aromatic heterocycles. The maximum atomic E-state index is 13.5. The van der Waals surface area contributed by atoms with Gasteiger partial charge in [-0.15, -0.1) is 0 Å². The molecule has 65 heteroatoms. The molecule has 37 N–H and O–H groups in total. The monoisotopic (exact) mass is 2150 g/mol. The first-order valence-corrected chi connectivity index (χ1v) is 47.0. The summed E-state index contributed by atoms with van der Waals surface area (Å²) in [6.07, 6.45) is -119. The average molecular weight is 2150 g/mol. The summed E-state index contributed by atoms with van der Waals surface area (Å²) in [6, 6.07) is -10.1. The van der Waals surface area contributed by atoms with Crippen LogP contribution in [0.2, 0.25) is 0 Å². The molecular weight excluding hydrogens is 2010 g/mol. The van der Waals surface area contributed by atoms with Gasteiger partial charge in [0.25, 0.3) is 0 Å². The Hall–Kier alpha value is -4.85. The van der Waals surface area contributed by atoms with Crippen LogP contribution in [0.3, 0.4) is 0 Å². The topological polar surface area (TPSA) is 1010 Å². The Balaban J connectivity index is 0.921. The van der Waals surface area contributed by atoms with Gasteiger partial charge in [0.2, 0.25) is 29.5 Å². The fourth-order valence-electron chi connectivity index (χ4n) is 19.2. The van der Waals surface area contributed by atoms with Gasteiger partial charge in [-0.25, -0.2) is 0 Å². The van der Waals surface area contributed by atoms with E-state index in [0.29, 0.717) is 0 Å². The summed E-state index contributed by atoms with van der Waals surface area (Å²) in [5, 5.41) is 374. The lowest BCUT2D eigenvalue weighted by Gasteiger charge is -2.51. The lowest BCUT2D eigenvalue weighted by atomic mass is 9.93. The van der Waals surface area contributed by atoms with Gasteiger partial charge in [0.15, 0.2) is 75.5 Å². The molecule has 0 bridgehead atoms. The van der Waals surface area contributed by atoms with Gasteiger partial charge in [-0.3, -0.25) is 24.0 Å². The van der Waals surface area contributed by atoms with E-state index in [0.717, 1.165) is 34.6 Å². The molecule has 0 unspecified atom stereocenters. The highest BCUT2D eigenvalue weighted by Gasteiger charge is 2.64. The van der Waals surface area contributed by atoms with Crippen molar-refractivity contribution in [2.75, 3.05) is 72.7 Å². The normalized spacial score (nSPS) is 49.6. The standard InChI is InChI=1S/C82H137N5O60/c1-18-40(102)51(113)56(118)76(127-18)125-17-34-67(46(108)35(71(124)128-34)83-19(2)97)140-73-37(85-21(4)99)48(110)65(31(14-95)134-73)144-80-61(123)68(145-82-69(55(117)44(106)27(10-91)132-82)146-74-38(86-22(5)100)49(111)63(29(12-93)135-74)142-78-58(120)53(115)42(104)25(8-89)130-78)45(107)33(138-80)16-126-81-70(147-75-39(87-23(6)101)50(112)64(30(13-94)136-75)143-79-59(121)54(116)43(105)26(9-90)131-79)60(122)66(32(15-96)137-81)139-72-36(84-20(3)98)47(109)62(28(11-92)133-72)141-77-57(119)52(114)41(103)24(7-88)129-77/h18,24-82,88-96,102-124H,7-17H2,1-6H3,(H,83,97)(H,84,98)(H,85,99)(H,86,100)(H,87,101)/t18-,24+,25+,26+,27+,28+,29+,30+,31+,32+,33+,34+,35+,36+,37+,38+,39+,40+,41-,42-,43-,44+,45+,46+,47+,48+,49+,50+,51+,52-,53-,54-,55-,56-,57+,58+,59+,60-,61-,62+,63+,64+,65+,66+,67+,68-,69-,70-,71-,72-,73-,74-,75-,76+,77+,78+,79+,80-,81-,82+/m0/s1. The number of aliphatic hydroxyl groups is 32. The second-order valence-corrected chi connectivity index (χ2v) is 37.3. The Morgan fingerprint density at radius 1 is 0.190 bits per heavy atom. The van der Waals surface area contributed by atoms with Crippen molar-refractivity contribution in [3.63, 3.8) is 0 Å². The van der Waals surface area contributed by atoms with Crippen molar-refractivity contribution >= 4 is 29.5 Å². The lowest BCUT2D eigenvalue weighted by molar-refractivity contribution is -0.401. The minimum atomic E-state index is -2.75. The van der Waals surface area contributed by atoms with Crippen molar-refractivity contribution in [1.29, 1.82) is 0 Å². The van der Waals surface area contributed by atoms with Gasteiger partial charge in [-0.1, -0.05) is 0 Å². The number of hydrogen-bond donors (Lipinski definition) is 37. The van der Waals surface area contributed by atoms with Crippen LogP contribution in [0.1, 0.15) is 41.5 Å². The molecule has 0 spiro atoms. The number of nitrogens with one attached hydrogen (secondary N) is 5. The molecular formula is C82H137N5O60. The zero-order valence-electron chi connectivity index (χ0n) is 79.2. The molecule has 65 nitrogen and oxygen atoms in total. The van der Waals surface area contributed by atoms with Crippen LogP contribution in [0.5, 0.6) is 0 Å². The van der Waals surface area contributed by atoms with Crippen molar-refractivity contribution in [3.05, 3.63) is 0 Å². The van der Waals surface area contributed by atoms with E-state index in [-0.39, 0.29) is 0 Å². The Bertz CT molecular complexity index is 4110. The highest BCUT2D eigenvalue weighted by atomic mass is 16.8. The van der Waals surface area contributed by atoms with Crippen LogP contribution >= 0.6 is 0 Å². The third-order valence-corrected chi connectivity index (χ3v) is 27.0. The van der Waals surface area contributed by atoms with Gasteiger partial charge in [0, 0.05) is 34.6 Å². The SMILES string of the molecule is CC(=O)N[C@@H]1[C@@H](O)[C@H](O[C@@H]2O[C@H](CO)[C@@H](O[C@@H]3O[C@H](CO[C@H]4O[C@H](CO)[C@@H](O[C@@H]5O[C@H](CO)[C@@H](O[C@H]6O[C@H](CO)[C@H](O)[C@H](O)[C@H]6O)[C@H](O)[C@H]5NC(C)=O)[C@H](O)[C@@H]4O[C@@H]4O[C@H](CO)[C@@H](O[C@H]5O[C@H](CO)[C@H](O)[C@H](O)[C@H]5O)[C@H](O)[C@H]4NC(C)=O)[C@@H](O)[C@H](O[C@H]4O[C@H](CO)[C@@H](O)[C@H](O)[C@@H]4O[C@@H]4O[C@H](CO)[C@@H](O[C@H]5O[C@H](CO)[C@H](O)[C@H](O)[C@H]5O)[C@H](O)[C@H]4NC(C)=O)[C@@H]3O)[C@H](O)[C@H]2NC(C)=O)[C@@H](CO[C@@H]2O[C@@H](C)[C@@H](O)[C@@H](O)[C@@H]2O)O[C@@H]1O. The first-order chi connectivity index (χ1) is 69.5. The maximum absolute atomic E-state index is 13.5. The fourth-order valence-corrected chi connectivity index (χ4v) is 19.2. The number of ether oxygens (including phenoxy) is 23. The molecule has 60 atom stereocenters. The highest BCUT2D eigenvalue weighted by molar-refractivity contribution is 5.75. The second kappa shape index (κ2) is 52.8. The number of carbonyl (C=O) groups excluding carboxylic acids is 5. The van der Waals surface area contributed by atoms with Crippen LogP contribution in [0, 0.1) is 0 Å². The molecule has 12 saturated heterocycles. The molecule has 12 aliphatic heterocycles. The van der Waals surface area contributed by atoms with E-state index < -0.39 is 470 Å². The van der Waals surface area contributed by atoms with Crippen molar-refractivity contribution in [2.45, 2.75) is 410 Å². The predicted molar refractivity (Wildman–Crippen MR) is 452 cm³/mol. The summed E-state index contributed by atoms with van der Waals surface area (Å²) in [4.78, 5) is 65.9. The first kappa shape index (κ1) is 121. The van der Waals surface area contributed by atoms with Crippen molar-refractivity contribution in [2.24, 2.45) is 0 Å². The first-order valence-electron chi connectivity index (χ1n) is 47.0. The molecule has 850 valence electrons. The van der Waals surface area contributed by atoms with Crippen molar-refractivity contribution in [3.8, 4) is 0 Å². The van der Waals surface area contributed by atoms with E-state index in [2.05, 4.69) is 26.6 Å². The van der Waals surface area contributed by atoms with Crippen molar-refractivity contribution < 1.29 is 296 Å². The van der Waals surface area contributed by atoms with Crippen LogP contribution in [0.4, 0.5) is 0 Å². The summed E-state index contributed by atoms with van der Waals surface area (Å²) >= 11 is 0. The second-order valence-electron chi connectivity index (χ2n) is 37.3. The zero-order chi connectivity index (χ0) is 108. The Labute approximate surface area is 832 Å². The van der Waals surface area contributed by atoms with Crippen LogP contribution in [-0.4, -0.2) is 634 Å². The van der Waals surface area contributed by atoms with Crippen LogP contribution < -0.4 is 26.6 Å².